The molecule has 0 aromatic carbocycles. The highest BCUT2D eigenvalue weighted by atomic mass is 16.5. The molecule has 0 fully saturated rings. The fraction of sp³-hybridized carbons (Fsp3) is 0.524. The molecule has 0 amide bonds. The minimum Gasteiger partial charge on any atom is -0.462 e. The molecule has 0 aliphatic heterocycles. The van der Waals surface area contributed by atoms with Gasteiger partial charge in [0.2, 0.25) is 0 Å². The number of carbonyl (C=O) groups is 1. The fourth-order valence-electron chi connectivity index (χ4n) is 2.82. The van der Waals surface area contributed by atoms with Crippen LogP contribution in [0.25, 0.3) is 5.57 Å². The number of carbonyl (C=O) groups excluding carboxylic acids is 1. The van der Waals surface area contributed by atoms with Gasteiger partial charge < -0.3 is 14.4 Å². The van der Waals surface area contributed by atoms with Gasteiger partial charge in [-0.05, 0) is 26.7 Å². The van der Waals surface area contributed by atoms with Gasteiger partial charge in [-0.15, -0.1) is 0 Å². The number of esters is 1. The van der Waals surface area contributed by atoms with E-state index in [1.54, 1.807) is 27.1 Å². The maximum absolute atomic E-state index is 12.7. The van der Waals surface area contributed by atoms with Gasteiger partial charge in [-0.2, -0.15) is 0 Å². The topological polar surface area (TPSA) is 68.5 Å². The van der Waals surface area contributed by atoms with E-state index in [1.807, 2.05) is 20.8 Å². The van der Waals surface area contributed by atoms with Crippen LogP contribution in [-0.2, 0) is 23.0 Å². The van der Waals surface area contributed by atoms with Gasteiger partial charge >= 0.3 is 5.97 Å². The van der Waals surface area contributed by atoms with E-state index in [4.69, 9.17) is 4.74 Å². The molecule has 0 spiro atoms. The molecule has 26 heavy (non-hydrogen) atoms. The molecule has 0 saturated carbocycles. The van der Waals surface area contributed by atoms with Crippen molar-refractivity contribution in [2.24, 2.45) is 13.0 Å². The molecule has 1 aromatic heterocycles. The van der Waals surface area contributed by atoms with E-state index in [-0.39, 0.29) is 11.5 Å². The van der Waals surface area contributed by atoms with Crippen molar-refractivity contribution in [3.63, 3.8) is 0 Å². The Hall–Kier alpha value is -2.32. The Kier molecular flexibility index (Phi) is 5.77. The summed E-state index contributed by atoms with van der Waals surface area (Å²) >= 11 is 0. The highest BCUT2D eigenvalue weighted by Crippen LogP contribution is 2.34. The summed E-state index contributed by atoms with van der Waals surface area (Å²) in [4.78, 5) is 25.2. The monoisotopic (exact) mass is 357 g/mol. The van der Waals surface area contributed by atoms with Crippen molar-refractivity contribution >= 4 is 11.5 Å². The second-order valence-corrected chi connectivity index (χ2v) is 7.57. The average molecular weight is 357 g/mol. The van der Waals surface area contributed by atoms with E-state index in [2.05, 4.69) is 11.8 Å². The second kappa shape index (κ2) is 7.51. The van der Waals surface area contributed by atoms with Crippen LogP contribution in [0, 0.1) is 17.8 Å². The Labute approximate surface area is 154 Å². The lowest BCUT2D eigenvalue weighted by molar-refractivity contribution is -0.137. The molecular weight excluding hydrogens is 330 g/mol. The predicted molar refractivity (Wildman–Crippen MR) is 102 cm³/mol. The van der Waals surface area contributed by atoms with E-state index in [0.717, 1.165) is 12.0 Å². The predicted octanol–water partition coefficient (Wildman–Crippen LogP) is 2.43. The lowest BCUT2D eigenvalue weighted by atomic mass is 10.00. The minimum absolute atomic E-state index is 0.141. The smallest absolute Gasteiger partial charge is 0.338 e. The lowest BCUT2D eigenvalue weighted by Gasteiger charge is -2.13. The van der Waals surface area contributed by atoms with Crippen LogP contribution >= 0.6 is 0 Å². The van der Waals surface area contributed by atoms with Crippen molar-refractivity contribution in [3.05, 3.63) is 38.8 Å². The van der Waals surface area contributed by atoms with Crippen molar-refractivity contribution in [1.29, 1.82) is 0 Å². The number of ether oxygens (including phenoxy) is 1. The third kappa shape index (κ3) is 4.25. The number of nitrogens with zero attached hydrogens (tertiary/aromatic N) is 1. The highest BCUT2D eigenvalue weighted by molar-refractivity contribution is 6.19. The SMILES string of the molecule is CCC(C)COC(=O)C1=C(C)Cc2c1c(C#CC(C)(C)O)cn(C)c2=O. The summed E-state index contributed by atoms with van der Waals surface area (Å²) < 4.78 is 6.94. The number of hydrogen-bond acceptors (Lipinski definition) is 4. The van der Waals surface area contributed by atoms with E-state index in [9.17, 15) is 14.7 Å². The van der Waals surface area contributed by atoms with Crippen LogP contribution in [0.15, 0.2) is 16.6 Å². The third-order valence-electron chi connectivity index (χ3n) is 4.49. The zero-order valence-corrected chi connectivity index (χ0v) is 16.4. The first-order valence-electron chi connectivity index (χ1n) is 8.90. The van der Waals surface area contributed by atoms with E-state index in [0.29, 0.717) is 35.3 Å². The van der Waals surface area contributed by atoms with E-state index >= 15 is 0 Å². The number of aliphatic hydroxyl groups is 1. The molecule has 1 aromatic rings. The zero-order chi connectivity index (χ0) is 19.6. The Morgan fingerprint density at radius 3 is 2.69 bits per heavy atom. The van der Waals surface area contributed by atoms with Gasteiger partial charge in [0, 0.05) is 36.4 Å². The Morgan fingerprint density at radius 2 is 2.12 bits per heavy atom. The maximum atomic E-state index is 12.7. The molecule has 1 heterocycles. The lowest BCUT2D eigenvalue weighted by Crippen LogP contribution is -2.23. The number of pyridine rings is 1. The van der Waals surface area contributed by atoms with Crippen LogP contribution in [0.5, 0.6) is 0 Å². The molecule has 140 valence electrons. The van der Waals surface area contributed by atoms with Crippen LogP contribution in [-0.4, -0.2) is 27.9 Å². The van der Waals surface area contributed by atoms with Gasteiger partial charge in [0.15, 0.2) is 0 Å². The number of fused-ring (bicyclic) bond motifs is 1. The quantitative estimate of drug-likeness (QED) is 0.664. The molecule has 0 saturated heterocycles. The largest absolute Gasteiger partial charge is 0.462 e. The van der Waals surface area contributed by atoms with Crippen molar-refractivity contribution < 1.29 is 14.6 Å². The van der Waals surface area contributed by atoms with Crippen LogP contribution in [0.1, 0.15) is 57.7 Å². The molecule has 5 nitrogen and oxygen atoms in total. The standard InChI is InChI=1S/C21H27NO4/c1-7-13(2)12-26-20(24)17-14(3)10-16-18(17)15(8-9-21(4,5)25)11-22(6)19(16)23/h11,13,25H,7,10,12H2,1-6H3. The molecule has 1 N–H and O–H groups in total. The summed E-state index contributed by atoms with van der Waals surface area (Å²) in [5.74, 6) is 5.56. The van der Waals surface area contributed by atoms with Crippen LogP contribution < -0.4 is 5.56 Å². The molecule has 0 bridgehead atoms. The minimum atomic E-state index is -1.17. The first-order chi connectivity index (χ1) is 12.0. The molecule has 1 aliphatic rings. The summed E-state index contributed by atoms with van der Waals surface area (Å²) in [6.45, 7) is 9.42. The fourth-order valence-corrected chi connectivity index (χ4v) is 2.82. The summed E-state index contributed by atoms with van der Waals surface area (Å²) in [5, 5.41) is 9.91. The van der Waals surface area contributed by atoms with Gasteiger partial charge in [-0.25, -0.2) is 4.79 Å². The molecule has 1 atom stereocenters. The maximum Gasteiger partial charge on any atom is 0.338 e. The van der Waals surface area contributed by atoms with Crippen LogP contribution in [0.3, 0.4) is 0 Å². The zero-order valence-electron chi connectivity index (χ0n) is 16.4. The Balaban J connectivity index is 2.53. The van der Waals surface area contributed by atoms with Gasteiger partial charge in [0.25, 0.3) is 5.56 Å². The number of aromatic nitrogens is 1. The van der Waals surface area contributed by atoms with Crippen molar-refractivity contribution in [3.8, 4) is 11.8 Å². The van der Waals surface area contributed by atoms with Gasteiger partial charge in [-0.1, -0.05) is 37.7 Å². The summed E-state index contributed by atoms with van der Waals surface area (Å²) in [7, 11) is 1.66. The van der Waals surface area contributed by atoms with Crippen LogP contribution in [0.2, 0.25) is 0 Å². The number of hydrogen-bond donors (Lipinski definition) is 1. The molecule has 0 radical (unpaired) electrons. The summed E-state index contributed by atoms with van der Waals surface area (Å²) in [6.07, 6.45) is 2.94. The van der Waals surface area contributed by atoms with E-state index in [1.165, 1.54) is 4.57 Å². The Morgan fingerprint density at radius 1 is 1.46 bits per heavy atom. The number of aryl methyl sites for hydroxylation is 1. The van der Waals surface area contributed by atoms with Gasteiger partial charge in [0.05, 0.1) is 12.2 Å². The molecule has 5 heteroatoms. The number of allylic oxidation sites excluding steroid dienone is 1. The van der Waals surface area contributed by atoms with Gasteiger partial charge in [-0.3, -0.25) is 4.79 Å². The molecule has 1 aliphatic carbocycles. The number of rotatable bonds is 4. The van der Waals surface area contributed by atoms with E-state index < -0.39 is 11.6 Å². The first kappa shape index (κ1) is 20.0. The average Bonchev–Trinajstić information content (AvgIpc) is 2.91. The summed E-state index contributed by atoms with van der Waals surface area (Å²) in [6, 6.07) is 0. The molecular formula is C21H27NO4. The molecule has 1 unspecified atom stereocenters. The van der Waals surface area contributed by atoms with Gasteiger partial charge in [0.1, 0.15) is 5.60 Å². The normalized spacial score (nSPS) is 14.6. The second-order valence-electron chi connectivity index (χ2n) is 7.57. The summed E-state index contributed by atoms with van der Waals surface area (Å²) in [5.41, 5.74) is 1.59. The third-order valence-corrected chi connectivity index (χ3v) is 4.49. The van der Waals surface area contributed by atoms with Crippen molar-refractivity contribution in [2.75, 3.05) is 6.61 Å². The van der Waals surface area contributed by atoms with Crippen molar-refractivity contribution in [2.45, 2.75) is 53.1 Å². The first-order valence-corrected chi connectivity index (χ1v) is 8.90. The van der Waals surface area contributed by atoms with Crippen molar-refractivity contribution in [1.82, 2.24) is 4.57 Å². The highest BCUT2D eigenvalue weighted by Gasteiger charge is 2.31. The molecule has 2 rings (SSSR count). The Bertz CT molecular complexity index is 872. The van der Waals surface area contributed by atoms with Crippen LogP contribution in [0.4, 0.5) is 0 Å².